The molecule has 0 saturated heterocycles. The van der Waals surface area contributed by atoms with Gasteiger partial charge in [0, 0.05) is 11.1 Å². The van der Waals surface area contributed by atoms with E-state index >= 15 is 0 Å². The van der Waals surface area contributed by atoms with Gasteiger partial charge in [0.15, 0.2) is 0 Å². The molecule has 0 atom stereocenters. The van der Waals surface area contributed by atoms with E-state index in [1.165, 1.54) is 0 Å². The lowest BCUT2D eigenvalue weighted by Crippen LogP contribution is -2.45. The lowest BCUT2D eigenvalue weighted by Gasteiger charge is -2.33. The Kier molecular flexibility index (Phi) is 4.85. The number of rotatable bonds is 4. The third kappa shape index (κ3) is 4.87. The summed E-state index contributed by atoms with van der Waals surface area (Å²) in [6, 6.07) is 5.53. The van der Waals surface area contributed by atoms with Crippen LogP contribution in [0.1, 0.15) is 57.0 Å². The summed E-state index contributed by atoms with van der Waals surface area (Å²) in [6.45, 7) is 12.6. The van der Waals surface area contributed by atoms with Gasteiger partial charge < -0.3 is 10.1 Å². The molecular formula is C17H27NO2. The van der Waals surface area contributed by atoms with Crippen molar-refractivity contribution in [1.29, 1.82) is 0 Å². The molecule has 0 saturated carbocycles. The summed E-state index contributed by atoms with van der Waals surface area (Å²) in [5.74, 6) is 0.684. The topological polar surface area (TPSA) is 38.3 Å². The summed E-state index contributed by atoms with van der Waals surface area (Å²) in [5.41, 5.74) is 1.59. The highest BCUT2D eigenvalue weighted by molar-refractivity contribution is 5.95. The van der Waals surface area contributed by atoms with Crippen LogP contribution in [0.5, 0.6) is 5.75 Å². The zero-order chi connectivity index (χ0) is 15.6. The predicted octanol–water partition coefficient (Wildman–Crippen LogP) is 3.95. The van der Waals surface area contributed by atoms with Gasteiger partial charge in [-0.25, -0.2) is 0 Å². The summed E-state index contributed by atoms with van der Waals surface area (Å²) in [6.07, 6.45) is 0.911. The van der Waals surface area contributed by atoms with Crippen molar-refractivity contribution in [2.24, 2.45) is 5.41 Å². The fraction of sp³-hybridized carbons (Fsp3) is 0.588. The molecular weight excluding hydrogens is 250 g/mol. The summed E-state index contributed by atoms with van der Waals surface area (Å²) < 4.78 is 5.27. The van der Waals surface area contributed by atoms with E-state index < -0.39 is 0 Å². The first-order valence-corrected chi connectivity index (χ1v) is 7.01. The van der Waals surface area contributed by atoms with Gasteiger partial charge in [0.05, 0.1) is 7.11 Å². The maximum absolute atomic E-state index is 12.4. The molecule has 0 bridgehead atoms. The highest BCUT2D eigenvalue weighted by Crippen LogP contribution is 2.27. The van der Waals surface area contributed by atoms with Gasteiger partial charge in [-0.3, -0.25) is 4.79 Å². The average Bonchev–Trinajstić information content (AvgIpc) is 2.25. The van der Waals surface area contributed by atoms with E-state index in [9.17, 15) is 4.79 Å². The van der Waals surface area contributed by atoms with E-state index in [0.717, 1.165) is 17.7 Å². The third-order valence-corrected chi connectivity index (χ3v) is 3.09. The summed E-state index contributed by atoms with van der Waals surface area (Å²) in [4.78, 5) is 12.4. The maximum Gasteiger partial charge on any atom is 0.251 e. The largest absolute Gasteiger partial charge is 0.496 e. The van der Waals surface area contributed by atoms with Gasteiger partial charge in [0.2, 0.25) is 0 Å². The molecule has 1 rings (SSSR count). The molecule has 3 heteroatoms. The number of ether oxygens (including phenoxy) is 1. The van der Waals surface area contributed by atoms with Crippen molar-refractivity contribution in [3.63, 3.8) is 0 Å². The molecule has 0 unspecified atom stereocenters. The molecule has 0 aliphatic carbocycles. The number of carbonyl (C=O) groups excluding carboxylic acids is 1. The van der Waals surface area contributed by atoms with Gasteiger partial charge >= 0.3 is 0 Å². The van der Waals surface area contributed by atoms with Crippen LogP contribution < -0.4 is 10.1 Å². The second-order valence-electron chi connectivity index (χ2n) is 7.26. The first-order chi connectivity index (χ1) is 9.04. The fourth-order valence-electron chi connectivity index (χ4n) is 2.71. The minimum absolute atomic E-state index is 0.0578. The van der Waals surface area contributed by atoms with E-state index in [-0.39, 0.29) is 16.9 Å². The molecule has 112 valence electrons. The van der Waals surface area contributed by atoms with Crippen LogP contribution in [0.4, 0.5) is 0 Å². The highest BCUT2D eigenvalue weighted by Gasteiger charge is 2.27. The molecule has 20 heavy (non-hydrogen) atoms. The van der Waals surface area contributed by atoms with Gasteiger partial charge in [-0.1, -0.05) is 26.8 Å². The maximum atomic E-state index is 12.4. The number of benzene rings is 1. The molecule has 0 spiro atoms. The molecule has 1 N–H and O–H groups in total. The van der Waals surface area contributed by atoms with Crippen LogP contribution in [0.15, 0.2) is 18.2 Å². The Morgan fingerprint density at radius 2 is 1.80 bits per heavy atom. The number of hydrogen-bond donors (Lipinski definition) is 1. The minimum Gasteiger partial charge on any atom is -0.496 e. The number of nitrogens with one attached hydrogen (secondary N) is 1. The van der Waals surface area contributed by atoms with Gasteiger partial charge in [-0.2, -0.15) is 0 Å². The third-order valence-electron chi connectivity index (χ3n) is 3.09. The predicted molar refractivity (Wildman–Crippen MR) is 83.3 cm³/mol. The average molecular weight is 277 g/mol. The number of aryl methyl sites for hydroxylation is 1. The molecule has 0 fully saturated rings. The van der Waals surface area contributed by atoms with Crippen molar-refractivity contribution in [2.75, 3.05) is 7.11 Å². The summed E-state index contributed by atoms with van der Waals surface area (Å²) in [7, 11) is 1.62. The Balaban J connectivity index is 2.86. The molecule has 1 aromatic carbocycles. The van der Waals surface area contributed by atoms with E-state index in [2.05, 4.69) is 39.9 Å². The first-order valence-electron chi connectivity index (χ1n) is 7.01. The Hall–Kier alpha value is -1.51. The number of carbonyl (C=O) groups is 1. The van der Waals surface area contributed by atoms with E-state index in [1.807, 2.05) is 19.1 Å². The SMILES string of the molecule is COc1cc(C(=O)NC(C)(C)CC(C)(C)C)ccc1C. The van der Waals surface area contributed by atoms with Crippen molar-refractivity contribution < 1.29 is 9.53 Å². The normalized spacial score (nSPS) is 12.2. The second kappa shape index (κ2) is 5.86. The van der Waals surface area contributed by atoms with E-state index in [0.29, 0.717) is 5.56 Å². The van der Waals surface area contributed by atoms with Gasteiger partial charge in [0.25, 0.3) is 5.91 Å². The quantitative estimate of drug-likeness (QED) is 0.905. The number of methoxy groups -OCH3 is 1. The van der Waals surface area contributed by atoms with Crippen molar-refractivity contribution >= 4 is 5.91 Å². The summed E-state index contributed by atoms with van der Waals surface area (Å²) in [5, 5.41) is 3.11. The van der Waals surface area contributed by atoms with Crippen LogP contribution >= 0.6 is 0 Å². The van der Waals surface area contributed by atoms with Crippen LogP contribution in [0.25, 0.3) is 0 Å². The summed E-state index contributed by atoms with van der Waals surface area (Å²) >= 11 is 0. The van der Waals surface area contributed by atoms with Crippen molar-refractivity contribution in [3.8, 4) is 5.75 Å². The Bertz CT molecular complexity index is 484. The van der Waals surface area contributed by atoms with E-state index in [1.54, 1.807) is 13.2 Å². The number of amides is 1. The Morgan fingerprint density at radius 1 is 1.20 bits per heavy atom. The molecule has 3 nitrogen and oxygen atoms in total. The Labute approximate surface area is 122 Å². The van der Waals surface area contributed by atoms with Gasteiger partial charge in [0.1, 0.15) is 5.75 Å². The molecule has 0 heterocycles. The van der Waals surface area contributed by atoms with Gasteiger partial charge in [-0.05, 0) is 50.3 Å². The van der Waals surface area contributed by atoms with Crippen molar-refractivity contribution in [3.05, 3.63) is 29.3 Å². The van der Waals surface area contributed by atoms with E-state index in [4.69, 9.17) is 4.74 Å². The zero-order valence-electron chi connectivity index (χ0n) is 13.8. The van der Waals surface area contributed by atoms with Crippen LogP contribution in [0, 0.1) is 12.3 Å². The van der Waals surface area contributed by atoms with Crippen LogP contribution in [0.2, 0.25) is 0 Å². The molecule has 0 aliphatic rings. The Morgan fingerprint density at radius 3 is 2.30 bits per heavy atom. The lowest BCUT2D eigenvalue weighted by atomic mass is 9.81. The number of hydrogen-bond acceptors (Lipinski definition) is 2. The molecule has 0 aliphatic heterocycles. The second-order valence-corrected chi connectivity index (χ2v) is 7.26. The fourth-order valence-corrected chi connectivity index (χ4v) is 2.71. The van der Waals surface area contributed by atoms with Crippen LogP contribution in [0.3, 0.4) is 0 Å². The molecule has 0 aromatic heterocycles. The standard InChI is InChI=1S/C17H27NO2/c1-12-8-9-13(10-14(12)20-7)15(19)18-17(5,6)11-16(2,3)4/h8-10H,11H2,1-7H3,(H,18,19). The monoisotopic (exact) mass is 277 g/mol. The minimum atomic E-state index is -0.243. The van der Waals surface area contributed by atoms with Gasteiger partial charge in [-0.15, -0.1) is 0 Å². The van der Waals surface area contributed by atoms with Crippen molar-refractivity contribution in [2.45, 2.75) is 53.5 Å². The smallest absolute Gasteiger partial charge is 0.251 e. The van der Waals surface area contributed by atoms with Crippen LogP contribution in [-0.2, 0) is 0 Å². The highest BCUT2D eigenvalue weighted by atomic mass is 16.5. The van der Waals surface area contributed by atoms with Crippen molar-refractivity contribution in [1.82, 2.24) is 5.32 Å². The first kappa shape index (κ1) is 16.5. The zero-order valence-corrected chi connectivity index (χ0v) is 13.8. The molecule has 0 radical (unpaired) electrons. The lowest BCUT2D eigenvalue weighted by molar-refractivity contribution is 0.0891. The molecule has 1 aromatic rings. The molecule has 1 amide bonds. The van der Waals surface area contributed by atoms with Crippen LogP contribution in [-0.4, -0.2) is 18.6 Å².